The van der Waals surface area contributed by atoms with Gasteiger partial charge in [0.2, 0.25) is 0 Å². The topological polar surface area (TPSA) is 41.1 Å². The van der Waals surface area contributed by atoms with E-state index in [-0.39, 0.29) is 12.1 Å². The molecule has 0 aliphatic rings. The van der Waals surface area contributed by atoms with Crippen LogP contribution in [0.3, 0.4) is 0 Å². The smallest absolute Gasteiger partial charge is 0.319 e. The second kappa shape index (κ2) is 6.04. The van der Waals surface area contributed by atoms with Crippen LogP contribution in [0.5, 0.6) is 0 Å². The first-order chi connectivity index (χ1) is 9.04. The van der Waals surface area contributed by atoms with Crippen molar-refractivity contribution < 1.29 is 9.18 Å². The van der Waals surface area contributed by atoms with Crippen molar-refractivity contribution in [2.45, 2.75) is 13.0 Å². The average molecular weight is 299 g/mol. The molecule has 0 aliphatic heterocycles. The fourth-order valence-corrected chi connectivity index (χ4v) is 2.63. The zero-order valence-corrected chi connectivity index (χ0v) is 11.7. The normalized spacial score (nSPS) is 11.9. The van der Waals surface area contributed by atoms with Crippen molar-refractivity contribution in [3.05, 3.63) is 51.4 Å². The fourth-order valence-electron chi connectivity index (χ4n) is 1.56. The molecule has 2 N–H and O–H groups in total. The molecule has 0 aliphatic carbocycles. The van der Waals surface area contributed by atoms with Crippen molar-refractivity contribution in [1.29, 1.82) is 0 Å². The van der Waals surface area contributed by atoms with Crippen LogP contribution in [0.1, 0.15) is 17.8 Å². The van der Waals surface area contributed by atoms with Crippen LogP contribution < -0.4 is 10.6 Å². The van der Waals surface area contributed by atoms with Gasteiger partial charge in [0.15, 0.2) is 0 Å². The van der Waals surface area contributed by atoms with E-state index in [4.69, 9.17) is 11.6 Å². The number of anilines is 1. The van der Waals surface area contributed by atoms with Crippen molar-refractivity contribution in [1.82, 2.24) is 5.32 Å². The molecule has 1 aromatic heterocycles. The maximum absolute atomic E-state index is 13.0. The highest BCUT2D eigenvalue weighted by atomic mass is 35.5. The molecule has 0 bridgehead atoms. The fraction of sp³-hybridized carbons (Fsp3) is 0.154. The monoisotopic (exact) mass is 298 g/mol. The Bertz CT molecular complexity index is 588. The van der Waals surface area contributed by atoms with Gasteiger partial charge >= 0.3 is 6.03 Å². The van der Waals surface area contributed by atoms with Gasteiger partial charge in [0.1, 0.15) is 5.82 Å². The summed E-state index contributed by atoms with van der Waals surface area (Å²) in [6.07, 6.45) is 0. The van der Waals surface area contributed by atoms with E-state index in [9.17, 15) is 9.18 Å². The van der Waals surface area contributed by atoms with E-state index >= 15 is 0 Å². The minimum absolute atomic E-state index is 0.161. The van der Waals surface area contributed by atoms with Crippen molar-refractivity contribution in [3.8, 4) is 0 Å². The number of halogens is 2. The minimum atomic E-state index is -0.393. The molecule has 0 fully saturated rings. The molecule has 0 spiro atoms. The Morgan fingerprint density at radius 2 is 2.16 bits per heavy atom. The summed E-state index contributed by atoms with van der Waals surface area (Å²) in [5, 5.41) is 5.33. The predicted octanol–water partition coefficient (Wildman–Crippen LogP) is 4.42. The summed E-state index contributed by atoms with van der Waals surface area (Å²) in [7, 11) is 0. The van der Waals surface area contributed by atoms with E-state index in [0.29, 0.717) is 10.0 Å². The average Bonchev–Trinajstić information content (AvgIpc) is 2.75. The third kappa shape index (κ3) is 3.94. The molecule has 1 aromatic carbocycles. The maximum Gasteiger partial charge on any atom is 0.319 e. The van der Waals surface area contributed by atoms with E-state index in [0.717, 1.165) is 4.88 Å². The molecule has 3 nitrogen and oxygen atoms in total. The zero-order chi connectivity index (χ0) is 13.8. The Balaban J connectivity index is 1.94. The van der Waals surface area contributed by atoms with Gasteiger partial charge in [-0.05, 0) is 37.3 Å². The first-order valence-corrected chi connectivity index (χ1v) is 6.82. The maximum atomic E-state index is 13.0. The van der Waals surface area contributed by atoms with E-state index in [1.165, 1.54) is 29.5 Å². The molecule has 100 valence electrons. The Morgan fingerprint density at radius 1 is 1.37 bits per heavy atom. The van der Waals surface area contributed by atoms with Gasteiger partial charge in [-0.25, -0.2) is 9.18 Å². The molecule has 19 heavy (non-hydrogen) atoms. The van der Waals surface area contributed by atoms with Gasteiger partial charge in [0.25, 0.3) is 0 Å². The van der Waals surface area contributed by atoms with Gasteiger partial charge in [-0.1, -0.05) is 17.7 Å². The first-order valence-electron chi connectivity index (χ1n) is 5.63. The van der Waals surface area contributed by atoms with E-state index < -0.39 is 5.82 Å². The standard InChI is InChI=1S/C13H12ClFN2OS/c1-8(11-5-6-12(14)19-11)16-13(18)17-10-4-2-3-9(15)7-10/h2-8H,1H3,(H2,16,17,18)/t8-/m1/s1. The number of benzene rings is 1. The van der Waals surface area contributed by atoms with Gasteiger partial charge in [-0.15, -0.1) is 11.3 Å². The first kappa shape index (κ1) is 13.8. The second-order valence-electron chi connectivity index (χ2n) is 3.97. The van der Waals surface area contributed by atoms with Crippen LogP contribution in [0.2, 0.25) is 4.34 Å². The summed E-state index contributed by atoms with van der Waals surface area (Å²) in [6.45, 7) is 1.85. The minimum Gasteiger partial charge on any atom is -0.331 e. The van der Waals surface area contributed by atoms with Crippen LogP contribution >= 0.6 is 22.9 Å². The summed E-state index contributed by atoms with van der Waals surface area (Å²) < 4.78 is 13.6. The van der Waals surface area contributed by atoms with Gasteiger partial charge < -0.3 is 10.6 Å². The summed E-state index contributed by atoms with van der Waals surface area (Å²) in [5.74, 6) is -0.393. The highest BCUT2D eigenvalue weighted by Crippen LogP contribution is 2.26. The Kier molecular flexibility index (Phi) is 4.39. The molecule has 2 aromatic rings. The van der Waals surface area contributed by atoms with Crippen LogP contribution in [-0.4, -0.2) is 6.03 Å². The number of rotatable bonds is 3. The summed E-state index contributed by atoms with van der Waals surface area (Å²) in [4.78, 5) is 12.7. The molecule has 6 heteroatoms. The summed E-state index contributed by atoms with van der Waals surface area (Å²) >= 11 is 7.25. The lowest BCUT2D eigenvalue weighted by atomic mass is 10.3. The van der Waals surface area contributed by atoms with Crippen LogP contribution in [0.15, 0.2) is 36.4 Å². The van der Waals surface area contributed by atoms with Crippen molar-refractivity contribution >= 4 is 34.7 Å². The second-order valence-corrected chi connectivity index (χ2v) is 5.72. The number of nitrogens with one attached hydrogen (secondary N) is 2. The predicted molar refractivity (Wildman–Crippen MR) is 76.3 cm³/mol. The molecule has 1 atom stereocenters. The summed E-state index contributed by atoms with van der Waals surface area (Å²) in [6, 6.07) is 8.83. The molecule has 2 amide bonds. The van der Waals surface area contributed by atoms with Crippen LogP contribution in [0.25, 0.3) is 0 Å². The van der Waals surface area contributed by atoms with Gasteiger partial charge in [0, 0.05) is 10.6 Å². The third-order valence-corrected chi connectivity index (χ3v) is 3.86. The van der Waals surface area contributed by atoms with E-state index in [1.54, 1.807) is 12.1 Å². The van der Waals surface area contributed by atoms with Crippen molar-refractivity contribution in [2.24, 2.45) is 0 Å². The van der Waals surface area contributed by atoms with Crippen molar-refractivity contribution in [3.63, 3.8) is 0 Å². The lowest BCUT2D eigenvalue weighted by Crippen LogP contribution is -2.30. The van der Waals surface area contributed by atoms with Crippen molar-refractivity contribution in [2.75, 3.05) is 5.32 Å². The lowest BCUT2D eigenvalue weighted by Gasteiger charge is -2.13. The van der Waals surface area contributed by atoms with Crippen LogP contribution in [0.4, 0.5) is 14.9 Å². The largest absolute Gasteiger partial charge is 0.331 e. The van der Waals surface area contributed by atoms with Crippen LogP contribution in [0, 0.1) is 5.82 Å². The lowest BCUT2D eigenvalue weighted by molar-refractivity contribution is 0.249. The highest BCUT2D eigenvalue weighted by molar-refractivity contribution is 7.16. The number of urea groups is 1. The number of carbonyl (C=O) groups excluding carboxylic acids is 1. The SMILES string of the molecule is C[C@@H](NC(=O)Nc1cccc(F)c1)c1ccc(Cl)s1. The number of hydrogen-bond acceptors (Lipinski definition) is 2. The molecule has 0 unspecified atom stereocenters. The van der Waals surface area contributed by atoms with E-state index in [2.05, 4.69) is 10.6 Å². The highest BCUT2D eigenvalue weighted by Gasteiger charge is 2.11. The molecular formula is C13H12ClFN2OS. The van der Waals surface area contributed by atoms with Gasteiger partial charge in [-0.2, -0.15) is 0 Å². The van der Waals surface area contributed by atoms with Gasteiger partial charge in [0.05, 0.1) is 10.4 Å². The quantitative estimate of drug-likeness (QED) is 0.865. The van der Waals surface area contributed by atoms with E-state index in [1.807, 2.05) is 13.0 Å². The molecule has 0 saturated carbocycles. The molecule has 0 saturated heterocycles. The van der Waals surface area contributed by atoms with Crippen LogP contribution in [-0.2, 0) is 0 Å². The Labute approximate surface area is 119 Å². The number of carbonyl (C=O) groups is 1. The number of hydrogen-bond donors (Lipinski definition) is 2. The Hall–Kier alpha value is -1.59. The number of amides is 2. The third-order valence-electron chi connectivity index (χ3n) is 2.45. The molecule has 1 heterocycles. The summed E-state index contributed by atoms with van der Waals surface area (Å²) in [5.41, 5.74) is 0.411. The number of thiophene rings is 1. The zero-order valence-electron chi connectivity index (χ0n) is 10.1. The van der Waals surface area contributed by atoms with Gasteiger partial charge in [-0.3, -0.25) is 0 Å². The molecular weight excluding hydrogens is 287 g/mol. The molecule has 0 radical (unpaired) electrons. The molecule has 2 rings (SSSR count). The Morgan fingerprint density at radius 3 is 2.79 bits per heavy atom.